The fraction of sp³-hybridized carbons (Fsp3) is 0.312. The van der Waals surface area contributed by atoms with Gasteiger partial charge in [0.1, 0.15) is 18.0 Å². The lowest BCUT2D eigenvalue weighted by molar-refractivity contribution is 0.618. The molecule has 0 atom stereocenters. The molecule has 0 aliphatic heterocycles. The van der Waals surface area contributed by atoms with Crippen molar-refractivity contribution >= 4 is 22.5 Å². The first-order valence-electron chi connectivity index (χ1n) is 7.64. The topological polar surface area (TPSA) is 69.7 Å². The summed E-state index contributed by atoms with van der Waals surface area (Å²) in [6, 6.07) is 5.32. The van der Waals surface area contributed by atoms with Crippen molar-refractivity contribution in [3.05, 3.63) is 42.1 Å². The summed E-state index contributed by atoms with van der Waals surface area (Å²) in [5.41, 5.74) is 2.16. The molecule has 2 aromatic heterocycles. The zero-order chi connectivity index (χ0) is 16.2. The Labute approximate surface area is 133 Å². The molecule has 2 N–H and O–H groups in total. The predicted molar refractivity (Wildman–Crippen MR) is 89.0 cm³/mol. The maximum Gasteiger partial charge on any atom is 0.160 e. The lowest BCUT2D eigenvalue weighted by Gasteiger charge is -2.22. The molecule has 7 heteroatoms. The van der Waals surface area contributed by atoms with Crippen LogP contribution in [0.3, 0.4) is 0 Å². The minimum absolute atomic E-state index is 0.204. The summed E-state index contributed by atoms with van der Waals surface area (Å²) in [5, 5.41) is 10.8. The molecule has 3 aromatic rings. The minimum Gasteiger partial charge on any atom is -0.370 e. The lowest BCUT2D eigenvalue weighted by atomic mass is 10.1. The van der Waals surface area contributed by atoms with Gasteiger partial charge in [-0.2, -0.15) is 5.10 Å². The molecule has 120 valence electrons. The molecule has 23 heavy (non-hydrogen) atoms. The Morgan fingerprint density at radius 2 is 2.04 bits per heavy atom. The molecule has 0 saturated carbocycles. The van der Waals surface area contributed by atoms with E-state index >= 15 is 0 Å². The van der Waals surface area contributed by atoms with Crippen LogP contribution in [-0.4, -0.2) is 33.3 Å². The number of benzene rings is 1. The predicted octanol–water partition coefficient (Wildman–Crippen LogP) is 2.95. The average molecular weight is 314 g/mol. The third-order valence-corrected chi connectivity index (χ3v) is 3.82. The molecule has 0 aliphatic carbocycles. The van der Waals surface area contributed by atoms with Gasteiger partial charge in [0.2, 0.25) is 0 Å². The van der Waals surface area contributed by atoms with Crippen molar-refractivity contribution in [2.75, 3.05) is 23.3 Å². The second kappa shape index (κ2) is 6.60. The number of nitrogens with zero attached hydrogens (tertiary/aromatic N) is 4. The molecule has 0 amide bonds. The van der Waals surface area contributed by atoms with Gasteiger partial charge in [-0.25, -0.2) is 14.4 Å². The molecule has 0 bridgehead atoms. The molecule has 3 rings (SSSR count). The van der Waals surface area contributed by atoms with Crippen LogP contribution in [0.25, 0.3) is 11.0 Å². The van der Waals surface area contributed by atoms with Gasteiger partial charge < -0.3 is 10.2 Å². The van der Waals surface area contributed by atoms with Crippen LogP contribution < -0.4 is 10.2 Å². The zero-order valence-electron chi connectivity index (χ0n) is 13.2. The van der Waals surface area contributed by atoms with E-state index in [9.17, 15) is 4.39 Å². The Balaban J connectivity index is 1.76. The van der Waals surface area contributed by atoms with E-state index in [1.54, 1.807) is 12.3 Å². The molecule has 0 radical (unpaired) electrons. The molecular formula is C16H19FN6. The molecule has 0 aliphatic rings. The van der Waals surface area contributed by atoms with Crippen LogP contribution >= 0.6 is 0 Å². The van der Waals surface area contributed by atoms with E-state index in [2.05, 4.69) is 25.5 Å². The van der Waals surface area contributed by atoms with Crippen LogP contribution in [0.2, 0.25) is 0 Å². The molecule has 2 heterocycles. The quantitative estimate of drug-likeness (QED) is 0.732. The van der Waals surface area contributed by atoms with Gasteiger partial charge in [-0.15, -0.1) is 0 Å². The summed E-state index contributed by atoms with van der Waals surface area (Å²) < 4.78 is 14.3. The van der Waals surface area contributed by atoms with Gasteiger partial charge in [0, 0.05) is 19.6 Å². The van der Waals surface area contributed by atoms with Crippen LogP contribution in [0.15, 0.2) is 30.7 Å². The number of rotatable bonds is 6. The molecule has 0 saturated heterocycles. The van der Waals surface area contributed by atoms with Gasteiger partial charge >= 0.3 is 0 Å². The van der Waals surface area contributed by atoms with Crippen LogP contribution in [0.4, 0.5) is 15.9 Å². The third kappa shape index (κ3) is 3.08. The van der Waals surface area contributed by atoms with E-state index in [1.807, 2.05) is 30.9 Å². The van der Waals surface area contributed by atoms with Gasteiger partial charge in [0.25, 0.3) is 0 Å². The fourth-order valence-corrected chi connectivity index (χ4v) is 2.57. The van der Waals surface area contributed by atoms with Crippen molar-refractivity contribution in [1.82, 2.24) is 20.2 Å². The minimum atomic E-state index is -0.204. The Morgan fingerprint density at radius 1 is 1.22 bits per heavy atom. The number of hydrogen-bond donors (Lipinski definition) is 2. The normalized spacial score (nSPS) is 10.9. The first-order valence-corrected chi connectivity index (χ1v) is 7.64. The second-order valence-electron chi connectivity index (χ2n) is 5.17. The Bertz CT molecular complexity index is 796. The lowest BCUT2D eigenvalue weighted by Crippen LogP contribution is -2.23. The van der Waals surface area contributed by atoms with Gasteiger partial charge in [0.15, 0.2) is 5.65 Å². The SMILES string of the molecule is CCN(CC)c1ccc(CNc2ncnc3[nH]ncc23)cc1F. The van der Waals surface area contributed by atoms with Gasteiger partial charge in [0.05, 0.1) is 17.3 Å². The van der Waals surface area contributed by atoms with E-state index in [1.165, 1.54) is 6.33 Å². The maximum absolute atomic E-state index is 14.3. The summed E-state index contributed by atoms with van der Waals surface area (Å²) >= 11 is 0. The monoisotopic (exact) mass is 314 g/mol. The van der Waals surface area contributed by atoms with Crippen molar-refractivity contribution in [3.63, 3.8) is 0 Å². The number of H-pyrrole nitrogens is 1. The molecular weight excluding hydrogens is 295 g/mol. The fourth-order valence-electron chi connectivity index (χ4n) is 2.57. The van der Waals surface area contributed by atoms with E-state index in [0.717, 1.165) is 24.0 Å². The number of fused-ring (bicyclic) bond motifs is 1. The summed E-state index contributed by atoms with van der Waals surface area (Å²) in [5.74, 6) is 0.473. The van der Waals surface area contributed by atoms with E-state index in [4.69, 9.17) is 0 Å². The Morgan fingerprint density at radius 3 is 2.78 bits per heavy atom. The van der Waals surface area contributed by atoms with Crippen molar-refractivity contribution in [2.24, 2.45) is 0 Å². The zero-order valence-corrected chi connectivity index (χ0v) is 13.2. The van der Waals surface area contributed by atoms with Gasteiger partial charge in [-0.1, -0.05) is 6.07 Å². The smallest absolute Gasteiger partial charge is 0.160 e. The highest BCUT2D eigenvalue weighted by atomic mass is 19.1. The highest BCUT2D eigenvalue weighted by molar-refractivity contribution is 5.85. The van der Waals surface area contributed by atoms with Crippen molar-refractivity contribution in [2.45, 2.75) is 20.4 Å². The summed E-state index contributed by atoms with van der Waals surface area (Å²) in [6.07, 6.45) is 3.13. The summed E-state index contributed by atoms with van der Waals surface area (Å²) in [7, 11) is 0. The highest BCUT2D eigenvalue weighted by Crippen LogP contribution is 2.22. The Kier molecular flexibility index (Phi) is 4.36. The number of anilines is 2. The standard InChI is InChI=1S/C16H19FN6/c1-3-23(4-2)14-6-5-11(7-13(14)17)8-18-15-12-9-21-22-16(12)20-10-19-15/h5-7,9-10H,3-4,8H2,1-2H3,(H2,18,19,20,21,22). The third-order valence-electron chi connectivity index (χ3n) is 3.82. The molecule has 0 unspecified atom stereocenters. The van der Waals surface area contributed by atoms with Crippen molar-refractivity contribution in [1.29, 1.82) is 0 Å². The second-order valence-corrected chi connectivity index (χ2v) is 5.17. The number of hydrogen-bond acceptors (Lipinski definition) is 5. The van der Waals surface area contributed by atoms with Crippen LogP contribution in [0.5, 0.6) is 0 Å². The van der Waals surface area contributed by atoms with E-state index < -0.39 is 0 Å². The van der Waals surface area contributed by atoms with Gasteiger partial charge in [-0.05, 0) is 31.5 Å². The first-order chi connectivity index (χ1) is 11.2. The number of nitrogens with one attached hydrogen (secondary N) is 2. The summed E-state index contributed by atoms with van der Waals surface area (Å²) in [4.78, 5) is 10.3. The van der Waals surface area contributed by atoms with Gasteiger partial charge in [-0.3, -0.25) is 5.10 Å². The summed E-state index contributed by atoms with van der Waals surface area (Å²) in [6.45, 7) is 6.08. The van der Waals surface area contributed by atoms with Crippen molar-refractivity contribution < 1.29 is 4.39 Å². The van der Waals surface area contributed by atoms with Crippen LogP contribution in [0, 0.1) is 5.82 Å². The molecule has 6 nitrogen and oxygen atoms in total. The largest absolute Gasteiger partial charge is 0.370 e. The molecule has 0 fully saturated rings. The van der Waals surface area contributed by atoms with Crippen LogP contribution in [0.1, 0.15) is 19.4 Å². The van der Waals surface area contributed by atoms with Crippen molar-refractivity contribution in [3.8, 4) is 0 Å². The Hall–Kier alpha value is -2.70. The number of aromatic nitrogens is 4. The molecule has 0 spiro atoms. The molecule has 1 aromatic carbocycles. The van der Waals surface area contributed by atoms with E-state index in [0.29, 0.717) is 23.7 Å². The first kappa shape index (κ1) is 15.2. The number of aromatic amines is 1. The van der Waals surface area contributed by atoms with Crippen LogP contribution in [-0.2, 0) is 6.54 Å². The number of halogens is 1. The average Bonchev–Trinajstić information content (AvgIpc) is 3.05. The maximum atomic E-state index is 14.3. The highest BCUT2D eigenvalue weighted by Gasteiger charge is 2.10. The van der Waals surface area contributed by atoms with E-state index in [-0.39, 0.29) is 5.82 Å².